The molecule has 0 radical (unpaired) electrons. The zero-order valence-electron chi connectivity index (χ0n) is 9.69. The van der Waals surface area contributed by atoms with Crippen molar-refractivity contribution in [3.8, 4) is 0 Å². The minimum atomic E-state index is 0.0548. The number of amides is 1. The van der Waals surface area contributed by atoms with Crippen LogP contribution < -0.4 is 5.32 Å². The third-order valence-corrected chi connectivity index (χ3v) is 4.07. The molecule has 1 amide bonds. The normalized spacial score (nSPS) is 17.9. The van der Waals surface area contributed by atoms with Gasteiger partial charge in [-0.25, -0.2) is 4.98 Å². The molecular weight excluding hydrogens is 222 g/mol. The number of imidazole rings is 1. The third-order valence-electron chi connectivity index (χ3n) is 3.01. The van der Waals surface area contributed by atoms with Gasteiger partial charge in [0.15, 0.2) is 5.16 Å². The van der Waals surface area contributed by atoms with Crippen molar-refractivity contribution in [2.24, 2.45) is 7.05 Å². The van der Waals surface area contributed by atoms with E-state index < -0.39 is 0 Å². The highest BCUT2D eigenvalue weighted by Gasteiger charge is 2.32. The molecule has 0 unspecified atom stereocenters. The Morgan fingerprint density at radius 2 is 2.44 bits per heavy atom. The number of nitrogens with one attached hydrogen (secondary N) is 1. The Bertz CT molecular complexity index is 384. The Balaban J connectivity index is 1.78. The number of thioether (sulfide) groups is 1. The molecule has 0 saturated heterocycles. The van der Waals surface area contributed by atoms with Crippen molar-refractivity contribution in [2.45, 2.75) is 36.9 Å². The van der Waals surface area contributed by atoms with Gasteiger partial charge in [0, 0.05) is 25.0 Å². The van der Waals surface area contributed by atoms with Crippen LogP contribution >= 0.6 is 11.8 Å². The third kappa shape index (κ3) is 2.58. The first-order valence-corrected chi connectivity index (χ1v) is 6.49. The molecule has 1 saturated carbocycles. The van der Waals surface area contributed by atoms with Crippen molar-refractivity contribution in [1.82, 2.24) is 14.9 Å². The van der Waals surface area contributed by atoms with Crippen LogP contribution in [0.4, 0.5) is 0 Å². The van der Waals surface area contributed by atoms with Crippen LogP contribution in [0.1, 0.15) is 26.2 Å². The molecule has 0 spiro atoms. The first kappa shape index (κ1) is 11.5. The Labute approximate surface area is 99.8 Å². The van der Waals surface area contributed by atoms with Gasteiger partial charge in [0.1, 0.15) is 0 Å². The lowest BCUT2D eigenvalue weighted by atomic mass is 9.78. The molecule has 1 aliphatic carbocycles. The van der Waals surface area contributed by atoms with E-state index in [2.05, 4.69) is 17.2 Å². The summed E-state index contributed by atoms with van der Waals surface area (Å²) in [6, 6.07) is 0. The Hall–Kier alpha value is -0.970. The summed E-state index contributed by atoms with van der Waals surface area (Å²) < 4.78 is 1.92. The summed E-state index contributed by atoms with van der Waals surface area (Å²) in [4.78, 5) is 15.9. The van der Waals surface area contributed by atoms with Gasteiger partial charge in [-0.15, -0.1) is 0 Å². The van der Waals surface area contributed by atoms with Crippen LogP contribution in [-0.2, 0) is 11.8 Å². The molecule has 0 aromatic carbocycles. The van der Waals surface area contributed by atoms with Crippen LogP contribution in [0.2, 0.25) is 0 Å². The maximum Gasteiger partial charge on any atom is 0.230 e. The first-order chi connectivity index (χ1) is 7.59. The Kier molecular flexibility index (Phi) is 3.23. The number of aromatic nitrogens is 2. The monoisotopic (exact) mass is 239 g/mol. The maximum atomic E-state index is 11.7. The molecule has 2 rings (SSSR count). The highest BCUT2D eigenvalue weighted by molar-refractivity contribution is 7.99. The SMILES string of the molecule is Cn1ccnc1SCC(=O)NC1(C)CCC1. The van der Waals surface area contributed by atoms with Crippen LogP contribution in [0.5, 0.6) is 0 Å². The number of hydrogen-bond acceptors (Lipinski definition) is 3. The van der Waals surface area contributed by atoms with Gasteiger partial charge < -0.3 is 9.88 Å². The highest BCUT2D eigenvalue weighted by Crippen LogP contribution is 2.31. The van der Waals surface area contributed by atoms with Gasteiger partial charge in [0.2, 0.25) is 5.91 Å². The van der Waals surface area contributed by atoms with E-state index in [0.717, 1.165) is 18.0 Å². The fraction of sp³-hybridized carbons (Fsp3) is 0.636. The summed E-state index contributed by atoms with van der Waals surface area (Å²) >= 11 is 1.48. The number of aryl methyl sites for hydroxylation is 1. The number of nitrogens with zero attached hydrogens (tertiary/aromatic N) is 2. The van der Waals surface area contributed by atoms with Gasteiger partial charge in [0.25, 0.3) is 0 Å². The predicted octanol–water partition coefficient (Wildman–Crippen LogP) is 1.57. The van der Waals surface area contributed by atoms with Gasteiger partial charge in [-0.3, -0.25) is 4.79 Å². The molecule has 1 aromatic heterocycles. The smallest absolute Gasteiger partial charge is 0.230 e. The van der Waals surface area contributed by atoms with Gasteiger partial charge in [-0.2, -0.15) is 0 Å². The van der Waals surface area contributed by atoms with E-state index in [4.69, 9.17) is 0 Å². The summed E-state index contributed by atoms with van der Waals surface area (Å²) in [5.74, 6) is 0.552. The molecule has 4 nitrogen and oxygen atoms in total. The van der Waals surface area contributed by atoms with E-state index in [9.17, 15) is 4.79 Å². The molecule has 16 heavy (non-hydrogen) atoms. The molecule has 1 aromatic rings. The van der Waals surface area contributed by atoms with Crippen molar-refractivity contribution in [1.29, 1.82) is 0 Å². The average molecular weight is 239 g/mol. The van der Waals surface area contributed by atoms with Crippen LogP contribution in [-0.4, -0.2) is 26.8 Å². The molecule has 1 N–H and O–H groups in total. The fourth-order valence-corrected chi connectivity index (χ4v) is 2.56. The van der Waals surface area contributed by atoms with Crippen LogP contribution in [0.3, 0.4) is 0 Å². The Morgan fingerprint density at radius 3 is 2.94 bits per heavy atom. The second-order valence-electron chi connectivity index (χ2n) is 4.57. The summed E-state index contributed by atoms with van der Waals surface area (Å²) in [5, 5.41) is 3.96. The van der Waals surface area contributed by atoms with Crippen molar-refractivity contribution in [2.75, 3.05) is 5.75 Å². The number of carbonyl (C=O) groups is 1. The second kappa shape index (κ2) is 4.49. The fourth-order valence-electron chi connectivity index (χ4n) is 1.83. The second-order valence-corrected chi connectivity index (χ2v) is 5.51. The molecule has 5 heteroatoms. The molecule has 0 bridgehead atoms. The van der Waals surface area contributed by atoms with Crippen molar-refractivity contribution in [3.63, 3.8) is 0 Å². The van der Waals surface area contributed by atoms with Crippen LogP contribution in [0, 0.1) is 0 Å². The number of rotatable bonds is 4. The zero-order valence-corrected chi connectivity index (χ0v) is 10.5. The lowest BCUT2D eigenvalue weighted by Crippen LogP contribution is -2.51. The quantitative estimate of drug-likeness (QED) is 0.811. The van der Waals surface area contributed by atoms with E-state index >= 15 is 0 Å². The van der Waals surface area contributed by atoms with Crippen LogP contribution in [0.25, 0.3) is 0 Å². The Morgan fingerprint density at radius 1 is 1.69 bits per heavy atom. The number of carbonyl (C=O) groups excluding carboxylic acids is 1. The lowest BCUT2D eigenvalue weighted by molar-refractivity contribution is -0.121. The molecular formula is C11H17N3OS. The van der Waals surface area contributed by atoms with Crippen molar-refractivity contribution >= 4 is 17.7 Å². The topological polar surface area (TPSA) is 46.9 Å². The standard InChI is InChI=1S/C11H17N3OS/c1-11(4-3-5-11)13-9(15)8-16-10-12-6-7-14(10)2/h6-7H,3-5,8H2,1-2H3,(H,13,15). The van der Waals surface area contributed by atoms with Crippen molar-refractivity contribution < 1.29 is 4.79 Å². The molecule has 0 atom stereocenters. The largest absolute Gasteiger partial charge is 0.350 e. The van der Waals surface area contributed by atoms with Crippen LogP contribution in [0.15, 0.2) is 17.6 Å². The minimum Gasteiger partial charge on any atom is -0.350 e. The van der Waals surface area contributed by atoms with Gasteiger partial charge in [-0.05, 0) is 26.2 Å². The summed E-state index contributed by atoms with van der Waals surface area (Å²) in [6.45, 7) is 2.11. The molecule has 1 aliphatic rings. The predicted molar refractivity (Wildman–Crippen MR) is 64.3 cm³/mol. The summed E-state index contributed by atoms with van der Waals surface area (Å²) in [6.07, 6.45) is 7.06. The molecule has 1 heterocycles. The van der Waals surface area contributed by atoms with E-state index in [1.807, 2.05) is 17.8 Å². The lowest BCUT2D eigenvalue weighted by Gasteiger charge is -2.39. The number of hydrogen-bond donors (Lipinski definition) is 1. The van der Waals surface area contributed by atoms with Gasteiger partial charge in [0.05, 0.1) is 5.75 Å². The minimum absolute atomic E-state index is 0.0548. The van der Waals surface area contributed by atoms with E-state index in [1.54, 1.807) is 6.20 Å². The van der Waals surface area contributed by atoms with Crippen molar-refractivity contribution in [3.05, 3.63) is 12.4 Å². The van der Waals surface area contributed by atoms with E-state index in [1.165, 1.54) is 18.2 Å². The highest BCUT2D eigenvalue weighted by atomic mass is 32.2. The average Bonchev–Trinajstić information content (AvgIpc) is 2.59. The van der Waals surface area contributed by atoms with Gasteiger partial charge in [-0.1, -0.05) is 11.8 Å². The molecule has 88 valence electrons. The van der Waals surface area contributed by atoms with Gasteiger partial charge >= 0.3 is 0 Å². The summed E-state index contributed by atoms with van der Waals surface area (Å²) in [5.41, 5.74) is 0.0548. The van der Waals surface area contributed by atoms with E-state index in [-0.39, 0.29) is 11.4 Å². The maximum absolute atomic E-state index is 11.7. The zero-order chi connectivity index (χ0) is 11.6. The first-order valence-electron chi connectivity index (χ1n) is 5.50. The molecule has 1 fully saturated rings. The van der Waals surface area contributed by atoms with E-state index in [0.29, 0.717) is 5.75 Å². The summed E-state index contributed by atoms with van der Waals surface area (Å²) in [7, 11) is 1.93. The molecule has 0 aliphatic heterocycles.